The highest BCUT2D eigenvalue weighted by Gasteiger charge is 2.35. The number of fused-ring (bicyclic) bond motifs is 2. The molecule has 2 aliphatic heterocycles. The molecule has 5 aromatic heterocycles. The monoisotopic (exact) mass is 704 g/mol. The highest BCUT2D eigenvalue weighted by Crippen LogP contribution is 2.38. The van der Waals surface area contributed by atoms with Crippen LogP contribution in [0.25, 0.3) is 33.5 Å². The third-order valence-electron chi connectivity index (χ3n) is 10.1. The number of aromatic nitrogens is 7. The van der Waals surface area contributed by atoms with Crippen molar-refractivity contribution in [2.24, 2.45) is 0 Å². The molecule has 0 aliphatic carbocycles. The number of likely N-dealkylation sites (tertiary alicyclic amines) is 1. The van der Waals surface area contributed by atoms with Crippen LogP contribution in [0.5, 0.6) is 0 Å². The summed E-state index contributed by atoms with van der Waals surface area (Å²) in [5.41, 5.74) is 18.3. The first-order chi connectivity index (χ1) is 25.9. The fraction of sp³-hybridized carbons (Fsp3) is 0.205. The summed E-state index contributed by atoms with van der Waals surface area (Å²) in [6, 6.07) is 19.9. The SMILES string of the molecule is Nc1nccn2c([C@@H]3CCCN3)nc(-c3ccc(C(=O)N4CCC[C@H]4c4nc(-c5ccc(C(=O)Nc6ccccn6)cc5)c5c(N)nccn45)cc3)c12. The number of anilines is 3. The molecule has 9 rings (SSSR count). The molecule has 0 unspecified atom stereocenters. The number of hydrogen-bond acceptors (Lipinski definition) is 10. The molecule has 2 atom stereocenters. The van der Waals surface area contributed by atoms with Gasteiger partial charge in [0, 0.05) is 59.8 Å². The molecule has 2 fully saturated rings. The largest absolute Gasteiger partial charge is 0.382 e. The first-order valence-electron chi connectivity index (χ1n) is 17.7. The maximum atomic E-state index is 14.2. The predicted octanol–water partition coefficient (Wildman–Crippen LogP) is 5.32. The van der Waals surface area contributed by atoms with Crippen molar-refractivity contribution in [3.05, 3.63) is 120 Å². The Kier molecular flexibility index (Phi) is 8.00. The Labute approximate surface area is 303 Å². The Bertz CT molecular complexity index is 2490. The number of carbonyl (C=O) groups excluding carboxylic acids is 2. The second-order valence-electron chi connectivity index (χ2n) is 13.3. The van der Waals surface area contributed by atoms with E-state index in [4.69, 9.17) is 21.4 Å². The quantitative estimate of drug-likeness (QED) is 0.169. The minimum atomic E-state index is -0.293. The smallest absolute Gasteiger partial charge is 0.256 e. The molecule has 2 aromatic carbocycles. The van der Waals surface area contributed by atoms with Gasteiger partial charge in [0.05, 0.1) is 12.1 Å². The van der Waals surface area contributed by atoms with Gasteiger partial charge in [0.15, 0.2) is 0 Å². The third kappa shape index (κ3) is 5.69. The third-order valence-corrected chi connectivity index (χ3v) is 10.1. The molecule has 264 valence electrons. The topological polar surface area (TPSA) is 187 Å². The zero-order valence-electron chi connectivity index (χ0n) is 28.7. The van der Waals surface area contributed by atoms with Crippen molar-refractivity contribution >= 4 is 40.3 Å². The highest BCUT2D eigenvalue weighted by atomic mass is 16.2. The minimum Gasteiger partial charge on any atom is -0.382 e. The van der Waals surface area contributed by atoms with Crippen molar-refractivity contribution in [1.82, 2.24) is 43.9 Å². The van der Waals surface area contributed by atoms with Crippen LogP contribution in [0.1, 0.15) is 70.1 Å². The number of rotatable bonds is 7. The van der Waals surface area contributed by atoms with Gasteiger partial charge in [-0.2, -0.15) is 0 Å². The second-order valence-corrected chi connectivity index (χ2v) is 13.3. The molecule has 6 N–H and O–H groups in total. The van der Waals surface area contributed by atoms with Crippen LogP contribution in [0.2, 0.25) is 0 Å². The molecule has 0 bridgehead atoms. The molecule has 2 saturated heterocycles. The molecule has 7 aromatic rings. The van der Waals surface area contributed by atoms with E-state index in [0.29, 0.717) is 52.2 Å². The lowest BCUT2D eigenvalue weighted by Crippen LogP contribution is -2.31. The summed E-state index contributed by atoms with van der Waals surface area (Å²) in [5, 5.41) is 6.34. The first kappa shape index (κ1) is 32.3. The van der Waals surface area contributed by atoms with Gasteiger partial charge < -0.3 is 27.0 Å². The Balaban J connectivity index is 1.00. The van der Waals surface area contributed by atoms with Crippen molar-refractivity contribution in [3.8, 4) is 22.5 Å². The summed E-state index contributed by atoms with van der Waals surface area (Å²) in [4.78, 5) is 51.9. The Morgan fingerprint density at radius 1 is 0.717 bits per heavy atom. The van der Waals surface area contributed by atoms with Crippen molar-refractivity contribution in [3.63, 3.8) is 0 Å². The number of hydrogen-bond donors (Lipinski definition) is 4. The number of nitrogens with two attached hydrogens (primary N) is 2. The summed E-state index contributed by atoms with van der Waals surface area (Å²) in [5.74, 6) is 2.44. The predicted molar refractivity (Wildman–Crippen MR) is 201 cm³/mol. The lowest BCUT2D eigenvalue weighted by molar-refractivity contribution is 0.0729. The lowest BCUT2D eigenvalue weighted by Gasteiger charge is -2.24. The Morgan fingerprint density at radius 2 is 1.36 bits per heavy atom. The van der Waals surface area contributed by atoms with E-state index in [1.54, 1.807) is 42.9 Å². The van der Waals surface area contributed by atoms with E-state index in [1.165, 1.54) is 0 Å². The first-order valence-corrected chi connectivity index (χ1v) is 17.7. The van der Waals surface area contributed by atoms with Gasteiger partial charge in [-0.05, 0) is 68.6 Å². The minimum absolute atomic E-state index is 0.0885. The van der Waals surface area contributed by atoms with E-state index in [0.717, 1.165) is 60.4 Å². The van der Waals surface area contributed by atoms with Gasteiger partial charge in [-0.3, -0.25) is 18.4 Å². The number of carbonyl (C=O) groups is 2. The number of nitrogens with one attached hydrogen (secondary N) is 2. The molecule has 0 spiro atoms. The molecule has 7 heterocycles. The number of benzene rings is 2. The maximum Gasteiger partial charge on any atom is 0.256 e. The van der Waals surface area contributed by atoms with Crippen molar-refractivity contribution in [1.29, 1.82) is 0 Å². The van der Waals surface area contributed by atoms with E-state index in [2.05, 4.69) is 25.6 Å². The van der Waals surface area contributed by atoms with Gasteiger partial charge in [-0.25, -0.2) is 24.9 Å². The van der Waals surface area contributed by atoms with Crippen molar-refractivity contribution in [2.75, 3.05) is 29.9 Å². The van der Waals surface area contributed by atoms with E-state index in [1.807, 2.05) is 68.6 Å². The van der Waals surface area contributed by atoms with Crippen molar-refractivity contribution in [2.45, 2.75) is 37.8 Å². The second kappa shape index (κ2) is 13.1. The molecular weight excluding hydrogens is 669 g/mol. The van der Waals surface area contributed by atoms with Crippen LogP contribution in [-0.4, -0.2) is 63.5 Å². The molecule has 2 aliphatic rings. The molecular formula is C39H36N12O2. The fourth-order valence-electron chi connectivity index (χ4n) is 7.58. The highest BCUT2D eigenvalue weighted by molar-refractivity contribution is 6.04. The molecule has 0 radical (unpaired) electrons. The fourth-order valence-corrected chi connectivity index (χ4v) is 7.58. The normalized spacial score (nSPS) is 17.2. The van der Waals surface area contributed by atoms with Gasteiger partial charge in [-0.15, -0.1) is 0 Å². The zero-order chi connectivity index (χ0) is 36.1. The van der Waals surface area contributed by atoms with E-state index >= 15 is 0 Å². The van der Waals surface area contributed by atoms with Crippen LogP contribution >= 0.6 is 0 Å². The van der Waals surface area contributed by atoms with E-state index in [9.17, 15) is 9.59 Å². The average Bonchev–Trinajstić information content (AvgIpc) is 4.01. The molecule has 0 saturated carbocycles. The summed E-state index contributed by atoms with van der Waals surface area (Å²) in [6.45, 7) is 1.53. The van der Waals surface area contributed by atoms with Crippen LogP contribution in [-0.2, 0) is 0 Å². The summed E-state index contributed by atoms with van der Waals surface area (Å²) in [7, 11) is 0. The van der Waals surface area contributed by atoms with E-state index in [-0.39, 0.29) is 23.9 Å². The zero-order valence-corrected chi connectivity index (χ0v) is 28.7. The molecule has 2 amide bonds. The van der Waals surface area contributed by atoms with Crippen LogP contribution in [0.4, 0.5) is 17.5 Å². The maximum absolute atomic E-state index is 14.2. The van der Waals surface area contributed by atoms with Crippen molar-refractivity contribution < 1.29 is 9.59 Å². The van der Waals surface area contributed by atoms with Gasteiger partial charge in [0.1, 0.15) is 51.5 Å². The Hall–Kier alpha value is -6.67. The number of imidazole rings is 2. The molecule has 14 heteroatoms. The summed E-state index contributed by atoms with van der Waals surface area (Å²) >= 11 is 0. The van der Waals surface area contributed by atoms with E-state index < -0.39 is 0 Å². The van der Waals surface area contributed by atoms with Crippen LogP contribution in [0.3, 0.4) is 0 Å². The summed E-state index contributed by atoms with van der Waals surface area (Å²) in [6.07, 6.45) is 12.3. The van der Waals surface area contributed by atoms with Gasteiger partial charge in [0.25, 0.3) is 11.8 Å². The molecule has 53 heavy (non-hydrogen) atoms. The Morgan fingerprint density at radius 3 is 1.98 bits per heavy atom. The number of amides is 2. The van der Waals surface area contributed by atoms with Gasteiger partial charge in [-0.1, -0.05) is 30.3 Å². The van der Waals surface area contributed by atoms with Gasteiger partial charge in [0.2, 0.25) is 0 Å². The standard InChI is InChI=1S/C39H36N12O2/c40-34-32-30(47-36(27-5-3-17-42-27)50(32)21-18-44-34)24-10-14-26(15-11-24)39(53)49-20-4-6-28(49)37-48-31(33-35(41)45-19-22-51(33)37)23-8-12-25(13-9-23)38(52)46-29-7-1-2-16-43-29/h1-2,7-16,18-19,21-22,27-28,42H,3-6,17,20H2,(H2,40,44)(H2,41,45)(H,43,46,52)/t27-,28-/m0/s1. The lowest BCUT2D eigenvalue weighted by atomic mass is 10.1. The van der Waals surface area contributed by atoms with Crippen LogP contribution < -0.4 is 22.1 Å². The number of nitrogens with zero attached hydrogens (tertiary/aromatic N) is 8. The average molecular weight is 705 g/mol. The summed E-state index contributed by atoms with van der Waals surface area (Å²) < 4.78 is 3.95. The number of nitrogen functional groups attached to an aromatic ring is 2. The van der Waals surface area contributed by atoms with Crippen LogP contribution in [0.15, 0.2) is 97.7 Å². The number of pyridine rings is 1. The molecule has 14 nitrogen and oxygen atoms in total. The van der Waals surface area contributed by atoms with Gasteiger partial charge >= 0.3 is 0 Å². The van der Waals surface area contributed by atoms with Crippen LogP contribution in [0, 0.1) is 0 Å².